The molecule has 0 heterocycles. The Hall–Kier alpha value is -0.420. The molecule has 4 nitrogen and oxygen atoms in total. The maximum Gasteiger partial charge on any atom is 0.135 e. The molecule has 0 aromatic heterocycles. The van der Waals surface area contributed by atoms with Crippen molar-refractivity contribution in [1.82, 2.24) is 5.32 Å². The second-order valence-corrected chi connectivity index (χ2v) is 3.50. The molecule has 0 aliphatic carbocycles. The normalized spacial score (nSPS) is 14.9. The molecule has 0 aliphatic heterocycles. The standard InChI is InChI=1S/C11H24N2O2/c1-3-5-6-8-15-11(10(14)9-12)13-7-4-2/h4,10-11,13-14H,2-3,5-9,12H2,1H3. The van der Waals surface area contributed by atoms with Crippen molar-refractivity contribution in [1.29, 1.82) is 0 Å². The first kappa shape index (κ1) is 14.6. The summed E-state index contributed by atoms with van der Waals surface area (Å²) in [5.74, 6) is 0. The van der Waals surface area contributed by atoms with E-state index in [-0.39, 0.29) is 12.8 Å². The predicted molar refractivity (Wildman–Crippen MR) is 62.5 cm³/mol. The fourth-order valence-corrected chi connectivity index (χ4v) is 1.19. The molecule has 0 rings (SSSR count). The molecule has 0 saturated carbocycles. The Bertz CT molecular complexity index is 154. The summed E-state index contributed by atoms with van der Waals surface area (Å²) in [6, 6.07) is 0. The topological polar surface area (TPSA) is 67.5 Å². The van der Waals surface area contributed by atoms with Crippen LogP contribution >= 0.6 is 0 Å². The molecule has 0 aliphatic rings. The van der Waals surface area contributed by atoms with E-state index in [9.17, 15) is 5.11 Å². The maximum absolute atomic E-state index is 9.55. The van der Waals surface area contributed by atoms with E-state index < -0.39 is 6.10 Å². The quantitative estimate of drug-likeness (QED) is 0.284. The number of hydrogen-bond donors (Lipinski definition) is 3. The van der Waals surface area contributed by atoms with Crippen molar-refractivity contribution in [3.8, 4) is 0 Å². The van der Waals surface area contributed by atoms with Gasteiger partial charge < -0.3 is 15.6 Å². The van der Waals surface area contributed by atoms with Crippen LogP contribution in [-0.2, 0) is 4.74 Å². The van der Waals surface area contributed by atoms with Crippen LogP contribution in [0.15, 0.2) is 12.7 Å². The summed E-state index contributed by atoms with van der Waals surface area (Å²) in [7, 11) is 0. The first-order valence-electron chi connectivity index (χ1n) is 5.60. The number of nitrogens with one attached hydrogen (secondary N) is 1. The highest BCUT2D eigenvalue weighted by molar-refractivity contribution is 4.75. The van der Waals surface area contributed by atoms with Gasteiger partial charge in [0.15, 0.2) is 0 Å². The molecule has 0 aromatic rings. The summed E-state index contributed by atoms with van der Waals surface area (Å²) in [4.78, 5) is 0. The van der Waals surface area contributed by atoms with E-state index in [4.69, 9.17) is 10.5 Å². The molecule has 0 spiro atoms. The third kappa shape index (κ3) is 7.50. The van der Waals surface area contributed by atoms with Gasteiger partial charge in [0, 0.05) is 19.7 Å². The maximum atomic E-state index is 9.55. The molecule has 15 heavy (non-hydrogen) atoms. The van der Waals surface area contributed by atoms with Gasteiger partial charge in [0.25, 0.3) is 0 Å². The van der Waals surface area contributed by atoms with E-state index in [0.717, 1.165) is 19.3 Å². The van der Waals surface area contributed by atoms with Crippen LogP contribution in [-0.4, -0.2) is 37.1 Å². The summed E-state index contributed by atoms with van der Waals surface area (Å²) in [6.07, 6.45) is 4.00. The summed E-state index contributed by atoms with van der Waals surface area (Å²) >= 11 is 0. The van der Waals surface area contributed by atoms with E-state index in [1.165, 1.54) is 0 Å². The highest BCUT2D eigenvalue weighted by atomic mass is 16.5. The minimum atomic E-state index is -0.661. The van der Waals surface area contributed by atoms with Gasteiger partial charge in [-0.1, -0.05) is 25.8 Å². The lowest BCUT2D eigenvalue weighted by atomic mass is 10.2. The molecule has 0 fully saturated rings. The number of hydrogen-bond acceptors (Lipinski definition) is 4. The minimum absolute atomic E-state index is 0.197. The Labute approximate surface area is 92.5 Å². The molecular formula is C11H24N2O2. The van der Waals surface area contributed by atoms with Gasteiger partial charge in [-0.2, -0.15) is 0 Å². The molecule has 4 N–H and O–H groups in total. The Balaban J connectivity index is 3.73. The summed E-state index contributed by atoms with van der Waals surface area (Å²) in [6.45, 7) is 7.19. The van der Waals surface area contributed by atoms with Crippen molar-refractivity contribution < 1.29 is 9.84 Å². The second-order valence-electron chi connectivity index (χ2n) is 3.50. The van der Waals surface area contributed by atoms with Gasteiger partial charge >= 0.3 is 0 Å². The number of unbranched alkanes of at least 4 members (excludes halogenated alkanes) is 2. The lowest BCUT2D eigenvalue weighted by Crippen LogP contribution is -2.45. The fourth-order valence-electron chi connectivity index (χ4n) is 1.19. The van der Waals surface area contributed by atoms with Gasteiger partial charge in [-0.3, -0.25) is 5.32 Å². The van der Waals surface area contributed by atoms with Gasteiger partial charge in [-0.05, 0) is 6.42 Å². The van der Waals surface area contributed by atoms with Crippen molar-refractivity contribution >= 4 is 0 Å². The molecule has 4 heteroatoms. The third-order valence-corrected chi connectivity index (χ3v) is 2.10. The smallest absolute Gasteiger partial charge is 0.135 e. The van der Waals surface area contributed by atoms with Gasteiger partial charge in [0.1, 0.15) is 12.3 Å². The van der Waals surface area contributed by atoms with Crippen LogP contribution in [0, 0.1) is 0 Å². The Kier molecular flexibility index (Phi) is 9.83. The number of aliphatic hydroxyl groups excluding tert-OH is 1. The highest BCUT2D eigenvalue weighted by Crippen LogP contribution is 1.99. The van der Waals surface area contributed by atoms with Crippen molar-refractivity contribution in [2.75, 3.05) is 19.7 Å². The van der Waals surface area contributed by atoms with Crippen LogP contribution in [0.1, 0.15) is 26.2 Å². The molecule has 0 radical (unpaired) electrons. The number of nitrogens with two attached hydrogens (primary N) is 1. The van der Waals surface area contributed by atoms with Gasteiger partial charge in [0.05, 0.1) is 0 Å². The number of ether oxygens (including phenoxy) is 1. The monoisotopic (exact) mass is 216 g/mol. The SMILES string of the molecule is C=CCNC(OCCCCC)C(O)CN. The van der Waals surface area contributed by atoms with Crippen molar-refractivity contribution in [3.05, 3.63) is 12.7 Å². The average molecular weight is 216 g/mol. The Morgan fingerprint density at radius 1 is 1.53 bits per heavy atom. The van der Waals surface area contributed by atoms with Crippen molar-refractivity contribution in [3.63, 3.8) is 0 Å². The number of rotatable bonds is 10. The minimum Gasteiger partial charge on any atom is -0.388 e. The molecule has 0 amide bonds. The summed E-state index contributed by atoms with van der Waals surface area (Å²) in [5.41, 5.74) is 5.38. The van der Waals surface area contributed by atoms with Crippen molar-refractivity contribution in [2.45, 2.75) is 38.5 Å². The summed E-state index contributed by atoms with van der Waals surface area (Å²) in [5, 5.41) is 12.6. The zero-order valence-electron chi connectivity index (χ0n) is 9.61. The first-order chi connectivity index (χ1) is 7.26. The molecule has 2 atom stereocenters. The molecule has 0 saturated heterocycles. The van der Waals surface area contributed by atoms with E-state index in [2.05, 4.69) is 18.8 Å². The van der Waals surface area contributed by atoms with Crippen LogP contribution < -0.4 is 11.1 Å². The van der Waals surface area contributed by atoms with Gasteiger partial charge in [-0.25, -0.2) is 0 Å². The van der Waals surface area contributed by atoms with E-state index >= 15 is 0 Å². The van der Waals surface area contributed by atoms with E-state index in [1.54, 1.807) is 6.08 Å². The van der Waals surface area contributed by atoms with Crippen LogP contribution in [0.5, 0.6) is 0 Å². The second kappa shape index (κ2) is 10.1. The third-order valence-electron chi connectivity index (χ3n) is 2.10. The Morgan fingerprint density at radius 2 is 2.27 bits per heavy atom. The molecule has 0 aromatic carbocycles. The molecule has 2 unspecified atom stereocenters. The lowest BCUT2D eigenvalue weighted by Gasteiger charge is -2.23. The molecule has 0 bridgehead atoms. The van der Waals surface area contributed by atoms with Crippen LogP contribution in [0.3, 0.4) is 0 Å². The van der Waals surface area contributed by atoms with E-state index in [0.29, 0.717) is 13.2 Å². The zero-order chi connectivity index (χ0) is 11.5. The molecule has 90 valence electrons. The Morgan fingerprint density at radius 3 is 2.80 bits per heavy atom. The zero-order valence-corrected chi connectivity index (χ0v) is 9.61. The molecular weight excluding hydrogens is 192 g/mol. The van der Waals surface area contributed by atoms with Crippen molar-refractivity contribution in [2.24, 2.45) is 5.73 Å². The predicted octanol–water partition coefficient (Wildman–Crippen LogP) is 0.615. The van der Waals surface area contributed by atoms with Crippen LogP contribution in [0.4, 0.5) is 0 Å². The summed E-state index contributed by atoms with van der Waals surface area (Å²) < 4.78 is 5.51. The fraction of sp³-hybridized carbons (Fsp3) is 0.818. The van der Waals surface area contributed by atoms with Gasteiger partial charge in [-0.15, -0.1) is 6.58 Å². The average Bonchev–Trinajstić information content (AvgIpc) is 2.27. The first-order valence-corrected chi connectivity index (χ1v) is 5.60. The van der Waals surface area contributed by atoms with Crippen LogP contribution in [0.2, 0.25) is 0 Å². The van der Waals surface area contributed by atoms with E-state index in [1.807, 2.05) is 0 Å². The van der Waals surface area contributed by atoms with Gasteiger partial charge in [0.2, 0.25) is 0 Å². The van der Waals surface area contributed by atoms with Crippen LogP contribution in [0.25, 0.3) is 0 Å². The number of aliphatic hydroxyl groups is 1. The highest BCUT2D eigenvalue weighted by Gasteiger charge is 2.16. The lowest BCUT2D eigenvalue weighted by molar-refractivity contribution is -0.0510. The largest absolute Gasteiger partial charge is 0.388 e.